The van der Waals surface area contributed by atoms with Crippen LogP contribution in [-0.2, 0) is 13.1 Å². The maximum atomic E-state index is 5.63. The molecule has 1 saturated heterocycles. The Labute approximate surface area is 104 Å². The van der Waals surface area contributed by atoms with Gasteiger partial charge in [0, 0.05) is 25.3 Å². The van der Waals surface area contributed by atoms with E-state index < -0.39 is 0 Å². The van der Waals surface area contributed by atoms with Crippen LogP contribution in [0.25, 0.3) is 0 Å². The molecule has 3 nitrogen and oxygen atoms in total. The van der Waals surface area contributed by atoms with Crippen LogP contribution in [0.1, 0.15) is 43.9 Å². The van der Waals surface area contributed by atoms with Crippen molar-refractivity contribution in [2.24, 2.45) is 5.73 Å². The Morgan fingerprint density at radius 2 is 2.29 bits per heavy atom. The second-order valence-electron chi connectivity index (χ2n) is 5.03. The first kappa shape index (κ1) is 12.5. The summed E-state index contributed by atoms with van der Waals surface area (Å²) in [5.74, 6) is 0. The smallest absolute Gasteiger partial charge is 0.0542 e. The van der Waals surface area contributed by atoms with Gasteiger partial charge >= 0.3 is 0 Å². The lowest BCUT2D eigenvalue weighted by atomic mass is 10.1. The van der Waals surface area contributed by atoms with Gasteiger partial charge in [-0.1, -0.05) is 12.8 Å². The van der Waals surface area contributed by atoms with Gasteiger partial charge in [-0.2, -0.15) is 0 Å². The number of nitrogens with two attached hydrogens (primary N) is 1. The van der Waals surface area contributed by atoms with E-state index in [9.17, 15) is 0 Å². The Hall–Kier alpha value is -0.930. The fraction of sp³-hybridized carbons (Fsp3) is 0.643. The monoisotopic (exact) mass is 233 g/mol. The van der Waals surface area contributed by atoms with Crippen molar-refractivity contribution in [2.75, 3.05) is 6.54 Å². The van der Waals surface area contributed by atoms with Crippen LogP contribution in [0.5, 0.6) is 0 Å². The van der Waals surface area contributed by atoms with Gasteiger partial charge in [-0.3, -0.25) is 9.88 Å². The summed E-state index contributed by atoms with van der Waals surface area (Å²) >= 11 is 0. The van der Waals surface area contributed by atoms with E-state index in [0.29, 0.717) is 12.6 Å². The van der Waals surface area contributed by atoms with Crippen molar-refractivity contribution in [3.8, 4) is 0 Å². The van der Waals surface area contributed by atoms with Crippen molar-refractivity contribution in [2.45, 2.75) is 51.7 Å². The number of likely N-dealkylation sites (tertiary alicyclic amines) is 1. The van der Waals surface area contributed by atoms with E-state index >= 15 is 0 Å². The Morgan fingerprint density at radius 1 is 1.41 bits per heavy atom. The van der Waals surface area contributed by atoms with Gasteiger partial charge in [0.2, 0.25) is 0 Å². The molecule has 0 radical (unpaired) electrons. The SMILES string of the molecule is CC1CCCCCN1Cc1ccnc(CN)c1. The molecule has 2 heterocycles. The van der Waals surface area contributed by atoms with E-state index in [1.165, 1.54) is 37.8 Å². The molecule has 94 valence electrons. The second kappa shape index (κ2) is 6.12. The Kier molecular flexibility index (Phi) is 4.51. The Morgan fingerprint density at radius 3 is 3.12 bits per heavy atom. The van der Waals surface area contributed by atoms with Crippen molar-refractivity contribution in [1.82, 2.24) is 9.88 Å². The standard InChI is InChI=1S/C14H23N3/c1-12-5-3-2-4-8-17(12)11-13-6-7-16-14(9-13)10-15/h6-7,9,12H,2-5,8,10-11,15H2,1H3. The summed E-state index contributed by atoms with van der Waals surface area (Å²) in [6.07, 6.45) is 7.29. The van der Waals surface area contributed by atoms with Crippen LogP contribution < -0.4 is 5.73 Å². The quantitative estimate of drug-likeness (QED) is 0.871. The molecule has 1 atom stereocenters. The van der Waals surface area contributed by atoms with Crippen LogP contribution in [0, 0.1) is 0 Å². The number of rotatable bonds is 3. The van der Waals surface area contributed by atoms with E-state index in [2.05, 4.69) is 28.9 Å². The molecule has 3 heteroatoms. The van der Waals surface area contributed by atoms with E-state index in [4.69, 9.17) is 5.73 Å². The molecule has 0 aromatic carbocycles. The summed E-state index contributed by atoms with van der Waals surface area (Å²) in [7, 11) is 0. The zero-order valence-electron chi connectivity index (χ0n) is 10.7. The lowest BCUT2D eigenvalue weighted by Crippen LogP contribution is -2.32. The van der Waals surface area contributed by atoms with Crippen molar-refractivity contribution in [1.29, 1.82) is 0 Å². The van der Waals surface area contributed by atoms with Gasteiger partial charge in [0.05, 0.1) is 5.69 Å². The Balaban J connectivity index is 2.02. The molecule has 1 aliphatic rings. The van der Waals surface area contributed by atoms with Gasteiger partial charge < -0.3 is 5.73 Å². The molecular formula is C14H23N3. The Bertz CT molecular complexity index is 351. The average Bonchev–Trinajstić information content (AvgIpc) is 2.55. The fourth-order valence-corrected chi connectivity index (χ4v) is 2.54. The number of nitrogens with zero attached hydrogens (tertiary/aromatic N) is 2. The highest BCUT2D eigenvalue weighted by Gasteiger charge is 2.16. The summed E-state index contributed by atoms with van der Waals surface area (Å²) < 4.78 is 0. The van der Waals surface area contributed by atoms with Gasteiger partial charge in [0.15, 0.2) is 0 Å². The maximum Gasteiger partial charge on any atom is 0.0542 e. The van der Waals surface area contributed by atoms with Gasteiger partial charge in [-0.25, -0.2) is 0 Å². The third kappa shape index (κ3) is 3.51. The van der Waals surface area contributed by atoms with Crippen molar-refractivity contribution in [3.05, 3.63) is 29.6 Å². The molecule has 1 aliphatic heterocycles. The minimum Gasteiger partial charge on any atom is -0.325 e. The van der Waals surface area contributed by atoms with E-state index in [1.807, 2.05) is 6.20 Å². The molecule has 1 aromatic heterocycles. The van der Waals surface area contributed by atoms with Gasteiger partial charge in [0.25, 0.3) is 0 Å². The lowest BCUT2D eigenvalue weighted by molar-refractivity contribution is 0.205. The fourth-order valence-electron chi connectivity index (χ4n) is 2.54. The van der Waals surface area contributed by atoms with Gasteiger partial charge in [0.1, 0.15) is 0 Å². The van der Waals surface area contributed by atoms with Gasteiger partial charge in [-0.05, 0) is 44.0 Å². The summed E-state index contributed by atoms with van der Waals surface area (Å²) in [5, 5.41) is 0. The predicted octanol–water partition coefficient (Wildman–Crippen LogP) is 2.30. The highest BCUT2D eigenvalue weighted by molar-refractivity contribution is 5.16. The minimum absolute atomic E-state index is 0.531. The zero-order chi connectivity index (χ0) is 12.1. The van der Waals surface area contributed by atoms with E-state index in [0.717, 1.165) is 12.2 Å². The number of hydrogen-bond acceptors (Lipinski definition) is 3. The molecule has 1 aromatic rings. The zero-order valence-corrected chi connectivity index (χ0v) is 10.7. The average molecular weight is 233 g/mol. The van der Waals surface area contributed by atoms with Crippen LogP contribution in [-0.4, -0.2) is 22.5 Å². The van der Waals surface area contributed by atoms with E-state index in [1.54, 1.807) is 0 Å². The summed E-state index contributed by atoms with van der Waals surface area (Å²) in [4.78, 5) is 6.83. The largest absolute Gasteiger partial charge is 0.325 e. The lowest BCUT2D eigenvalue weighted by Gasteiger charge is -2.26. The third-order valence-corrected chi connectivity index (χ3v) is 3.67. The summed E-state index contributed by atoms with van der Waals surface area (Å²) in [6.45, 7) is 5.14. The molecule has 2 N–H and O–H groups in total. The number of aromatic nitrogens is 1. The summed E-state index contributed by atoms with van der Waals surface area (Å²) in [6, 6.07) is 4.95. The van der Waals surface area contributed by atoms with E-state index in [-0.39, 0.29) is 0 Å². The minimum atomic E-state index is 0.531. The molecule has 0 spiro atoms. The molecule has 17 heavy (non-hydrogen) atoms. The normalized spacial score (nSPS) is 22.4. The van der Waals surface area contributed by atoms with Gasteiger partial charge in [-0.15, -0.1) is 0 Å². The first-order valence-corrected chi connectivity index (χ1v) is 6.67. The van der Waals surface area contributed by atoms with Crippen LogP contribution in [0.4, 0.5) is 0 Å². The predicted molar refractivity (Wildman–Crippen MR) is 70.5 cm³/mol. The van der Waals surface area contributed by atoms with Crippen LogP contribution in [0.3, 0.4) is 0 Å². The molecule has 0 saturated carbocycles. The van der Waals surface area contributed by atoms with Crippen LogP contribution in [0.2, 0.25) is 0 Å². The summed E-state index contributed by atoms with van der Waals surface area (Å²) in [5.41, 5.74) is 7.96. The van der Waals surface area contributed by atoms with Crippen LogP contribution >= 0.6 is 0 Å². The third-order valence-electron chi connectivity index (χ3n) is 3.67. The first-order valence-electron chi connectivity index (χ1n) is 6.67. The molecule has 0 aliphatic carbocycles. The van der Waals surface area contributed by atoms with Crippen LogP contribution in [0.15, 0.2) is 18.3 Å². The van der Waals surface area contributed by atoms with Crippen molar-refractivity contribution < 1.29 is 0 Å². The highest BCUT2D eigenvalue weighted by atomic mass is 15.1. The molecule has 0 bridgehead atoms. The topological polar surface area (TPSA) is 42.2 Å². The number of hydrogen-bond donors (Lipinski definition) is 1. The highest BCUT2D eigenvalue weighted by Crippen LogP contribution is 2.18. The molecule has 0 amide bonds. The molecule has 2 rings (SSSR count). The number of pyridine rings is 1. The maximum absolute atomic E-state index is 5.63. The first-order chi connectivity index (χ1) is 8.29. The second-order valence-corrected chi connectivity index (χ2v) is 5.03. The molecule has 1 unspecified atom stereocenters. The van der Waals surface area contributed by atoms with Crippen molar-refractivity contribution >= 4 is 0 Å². The molecule has 1 fully saturated rings. The molecular weight excluding hydrogens is 210 g/mol. The van der Waals surface area contributed by atoms with Crippen molar-refractivity contribution in [3.63, 3.8) is 0 Å².